The van der Waals surface area contributed by atoms with E-state index in [1.807, 2.05) is 10.9 Å². The van der Waals surface area contributed by atoms with Gasteiger partial charge in [0.1, 0.15) is 6.61 Å². The van der Waals surface area contributed by atoms with E-state index in [0.29, 0.717) is 12.0 Å². The minimum Gasteiger partial charge on any atom is -0.494 e. The Morgan fingerprint density at radius 2 is 1.59 bits per heavy atom. The number of nitrogens with zero attached hydrogens (tertiary/aromatic N) is 5. The summed E-state index contributed by atoms with van der Waals surface area (Å²) in [5, 5.41) is 11.0. The zero-order valence-corrected chi connectivity index (χ0v) is 24.3. The summed E-state index contributed by atoms with van der Waals surface area (Å²) in [4.78, 5) is 10.7. The first-order valence-corrected chi connectivity index (χ1v) is 11.7. The van der Waals surface area contributed by atoms with Gasteiger partial charge in [-0.1, -0.05) is 0 Å². The van der Waals surface area contributed by atoms with Crippen LogP contribution in [-0.4, -0.2) is 71.6 Å². The van der Waals surface area contributed by atoms with E-state index in [9.17, 15) is 8.78 Å². The summed E-state index contributed by atoms with van der Waals surface area (Å²) < 4.78 is 46.2. The molecule has 2 N–H and O–H groups in total. The molecule has 15 heteroatoms. The molecule has 2 aromatic heterocycles. The first-order chi connectivity index (χ1) is 17.5. The fourth-order valence-corrected chi connectivity index (χ4v) is 3.95. The van der Waals surface area contributed by atoms with E-state index in [0.717, 1.165) is 50.8 Å². The van der Waals surface area contributed by atoms with Gasteiger partial charge in [-0.3, -0.25) is 4.68 Å². The summed E-state index contributed by atoms with van der Waals surface area (Å²) in [6.45, 7) is 3.46. The van der Waals surface area contributed by atoms with Gasteiger partial charge in [0.05, 0.1) is 50.6 Å². The number of rotatable bonds is 11. The number of aromatic nitrogens is 4. The topological polar surface area (TPSA) is 98.6 Å². The molecule has 0 aliphatic carbocycles. The third-order valence-electron chi connectivity index (χ3n) is 6.06. The number of nitrogens with one attached hydrogen (secondary N) is 2. The molecule has 3 aromatic rings. The van der Waals surface area contributed by atoms with E-state index >= 15 is 0 Å². The van der Waals surface area contributed by atoms with Gasteiger partial charge in [0.2, 0.25) is 5.95 Å². The van der Waals surface area contributed by atoms with Crippen molar-refractivity contribution < 1.29 is 23.0 Å². The Kier molecular flexibility index (Phi) is 14.5. The fourth-order valence-electron chi connectivity index (χ4n) is 3.95. The lowest BCUT2D eigenvalue weighted by atomic mass is 10.1. The monoisotopic (exact) mass is 611 g/mol. The lowest BCUT2D eigenvalue weighted by Crippen LogP contribution is -2.41. The number of hydrogen-bond acceptors (Lipinski definition) is 9. The van der Waals surface area contributed by atoms with Gasteiger partial charge in [0.25, 0.3) is 0 Å². The third kappa shape index (κ3) is 9.21. The second kappa shape index (κ2) is 16.5. The molecule has 1 saturated heterocycles. The highest BCUT2D eigenvalue weighted by Gasteiger charge is 2.21. The summed E-state index contributed by atoms with van der Waals surface area (Å²) in [6, 6.07) is 1.70. The van der Waals surface area contributed by atoms with Crippen LogP contribution >= 0.6 is 37.2 Å². The Hall–Kier alpha value is -2.64. The Bertz CT molecular complexity index is 1120. The Labute approximate surface area is 245 Å². The molecule has 0 spiro atoms. The van der Waals surface area contributed by atoms with Gasteiger partial charge in [0, 0.05) is 24.8 Å². The van der Waals surface area contributed by atoms with Gasteiger partial charge in [-0.25, -0.2) is 18.7 Å². The van der Waals surface area contributed by atoms with E-state index in [-0.39, 0.29) is 66.6 Å². The molecular formula is C24H34Cl3F2N7O3. The van der Waals surface area contributed by atoms with Crippen molar-refractivity contribution in [3.8, 4) is 17.2 Å². The number of likely N-dealkylation sites (tertiary alicyclic amines) is 1. The normalized spacial score (nSPS) is 13.5. The number of benzene rings is 1. The molecule has 0 unspecified atom stereocenters. The Morgan fingerprint density at radius 3 is 2.18 bits per heavy atom. The van der Waals surface area contributed by atoms with E-state index < -0.39 is 11.6 Å². The van der Waals surface area contributed by atoms with Crippen molar-refractivity contribution in [3.05, 3.63) is 48.1 Å². The molecule has 3 heterocycles. The Morgan fingerprint density at radius 1 is 0.974 bits per heavy atom. The average Bonchev–Trinajstić information content (AvgIpc) is 3.33. The van der Waals surface area contributed by atoms with E-state index in [1.165, 1.54) is 26.6 Å². The maximum atomic E-state index is 14.5. The molecule has 39 heavy (non-hydrogen) atoms. The second-order valence-corrected chi connectivity index (χ2v) is 8.57. The number of ether oxygens (including phenoxy) is 3. The van der Waals surface area contributed by atoms with Gasteiger partial charge in [0.15, 0.2) is 28.9 Å². The molecule has 10 nitrogen and oxygen atoms in total. The van der Waals surface area contributed by atoms with Crippen molar-refractivity contribution in [1.29, 1.82) is 0 Å². The van der Waals surface area contributed by atoms with Gasteiger partial charge < -0.3 is 29.7 Å². The van der Waals surface area contributed by atoms with Crippen molar-refractivity contribution in [2.75, 3.05) is 46.2 Å². The van der Waals surface area contributed by atoms with Crippen LogP contribution in [-0.2, 0) is 13.2 Å². The van der Waals surface area contributed by atoms with Crippen LogP contribution in [0.2, 0.25) is 0 Å². The molecule has 1 fully saturated rings. The van der Waals surface area contributed by atoms with E-state index in [1.54, 1.807) is 6.20 Å². The highest BCUT2D eigenvalue weighted by Crippen LogP contribution is 2.32. The van der Waals surface area contributed by atoms with Crippen LogP contribution in [0.15, 0.2) is 30.9 Å². The molecule has 0 amide bonds. The molecule has 0 bridgehead atoms. The summed E-state index contributed by atoms with van der Waals surface area (Å²) in [6.07, 6.45) is 8.74. The molecule has 0 atom stereocenters. The van der Waals surface area contributed by atoms with Crippen LogP contribution in [0.1, 0.15) is 18.4 Å². The standard InChI is InChI=1S/C24H31F2N7O3.3ClH/c1-32-7-4-16(5-8-32)27-6-9-33-14-17(11-30-33)31-24-28-12-18(13-29-24)36-15-19-22(25)20(34-2)10-21(35-3)23(19)26;;;/h10-14,16,27H,4-9,15H2,1-3H3,(H,28,29,31);3*1H. The quantitative estimate of drug-likeness (QED) is 0.330. The fraction of sp³-hybridized carbons (Fsp3) is 0.458. The van der Waals surface area contributed by atoms with Crippen molar-refractivity contribution >= 4 is 48.9 Å². The maximum Gasteiger partial charge on any atom is 0.227 e. The highest BCUT2D eigenvalue weighted by atomic mass is 35.5. The van der Waals surface area contributed by atoms with Crippen LogP contribution in [0.3, 0.4) is 0 Å². The third-order valence-corrected chi connectivity index (χ3v) is 6.06. The van der Waals surface area contributed by atoms with E-state index in [4.69, 9.17) is 14.2 Å². The summed E-state index contributed by atoms with van der Waals surface area (Å²) >= 11 is 0. The van der Waals surface area contributed by atoms with Crippen molar-refractivity contribution in [2.24, 2.45) is 0 Å². The van der Waals surface area contributed by atoms with E-state index in [2.05, 4.69) is 37.6 Å². The Balaban J connectivity index is 0.00000253. The van der Waals surface area contributed by atoms with Crippen LogP contribution in [0, 0.1) is 11.6 Å². The molecular weight excluding hydrogens is 579 g/mol. The summed E-state index contributed by atoms with van der Waals surface area (Å²) in [7, 11) is 4.73. The minimum atomic E-state index is -0.853. The molecule has 1 aliphatic rings. The van der Waals surface area contributed by atoms with Crippen LogP contribution in [0.25, 0.3) is 0 Å². The molecule has 0 radical (unpaired) electrons. The number of anilines is 2. The molecule has 1 aromatic carbocycles. The van der Waals surface area contributed by atoms with Crippen LogP contribution in [0.5, 0.6) is 17.2 Å². The zero-order valence-electron chi connectivity index (χ0n) is 21.9. The molecule has 1 aliphatic heterocycles. The van der Waals surface area contributed by atoms with Crippen LogP contribution < -0.4 is 24.8 Å². The van der Waals surface area contributed by atoms with Crippen molar-refractivity contribution in [2.45, 2.75) is 32.0 Å². The van der Waals surface area contributed by atoms with Gasteiger partial charge in [-0.05, 0) is 33.0 Å². The van der Waals surface area contributed by atoms with Crippen LogP contribution in [0.4, 0.5) is 20.4 Å². The predicted octanol–water partition coefficient (Wildman–Crippen LogP) is 4.24. The number of methoxy groups -OCH3 is 2. The minimum absolute atomic E-state index is 0. The second-order valence-electron chi connectivity index (χ2n) is 8.57. The SMILES string of the molecule is COc1cc(OC)c(F)c(COc2cnc(Nc3cnn(CCNC4CCN(C)CC4)c3)nc2)c1F.Cl.Cl.Cl. The van der Waals surface area contributed by atoms with Gasteiger partial charge in [-0.2, -0.15) is 5.10 Å². The number of piperidine rings is 1. The number of hydrogen-bond donors (Lipinski definition) is 2. The summed E-state index contributed by atoms with van der Waals surface area (Å²) in [5.74, 6) is -1.40. The zero-order chi connectivity index (χ0) is 25.5. The molecule has 218 valence electrons. The molecule has 4 rings (SSSR count). The maximum absolute atomic E-state index is 14.5. The number of halogens is 5. The smallest absolute Gasteiger partial charge is 0.227 e. The van der Waals surface area contributed by atoms with Gasteiger partial charge >= 0.3 is 0 Å². The molecule has 0 saturated carbocycles. The lowest BCUT2D eigenvalue weighted by molar-refractivity contribution is 0.233. The first kappa shape index (κ1) is 34.4. The van der Waals surface area contributed by atoms with Crippen molar-refractivity contribution in [1.82, 2.24) is 30.0 Å². The highest BCUT2D eigenvalue weighted by molar-refractivity contribution is 5.86. The lowest BCUT2D eigenvalue weighted by Gasteiger charge is -2.29. The first-order valence-electron chi connectivity index (χ1n) is 11.7. The average molecular weight is 613 g/mol. The summed E-state index contributed by atoms with van der Waals surface area (Å²) in [5.41, 5.74) is 0.432. The van der Waals surface area contributed by atoms with Gasteiger partial charge in [-0.15, -0.1) is 37.2 Å². The largest absolute Gasteiger partial charge is 0.494 e. The predicted molar refractivity (Wildman–Crippen MR) is 152 cm³/mol. The van der Waals surface area contributed by atoms with Crippen molar-refractivity contribution in [3.63, 3.8) is 0 Å².